The van der Waals surface area contributed by atoms with E-state index in [2.05, 4.69) is 10.2 Å². The molecule has 3 rings (SSSR count). The number of allylic oxidation sites excluding steroid dienone is 1. The van der Waals surface area contributed by atoms with E-state index in [-0.39, 0.29) is 28.6 Å². The summed E-state index contributed by atoms with van der Waals surface area (Å²) in [5, 5.41) is 16.0. The van der Waals surface area contributed by atoms with E-state index >= 15 is 0 Å². The standard InChI is InChI=1S/C18H22N4O2/c1-11-13(9-20-21-11)16(24)22-6-5-14-17(2,3)15(23)12(8-19)7-18(14,4)10-22/h7,9,14H,5-6,10H2,1-4H3,(H,20,21)/t14-,18+/m0/s1. The van der Waals surface area contributed by atoms with Gasteiger partial charge in [0, 0.05) is 29.6 Å². The molecule has 1 aromatic heterocycles. The summed E-state index contributed by atoms with van der Waals surface area (Å²) in [7, 11) is 0. The third kappa shape index (κ3) is 2.27. The number of aromatic amines is 1. The molecule has 6 nitrogen and oxygen atoms in total. The number of H-pyrrole nitrogens is 1. The number of carbonyl (C=O) groups excluding carboxylic acids is 2. The Labute approximate surface area is 141 Å². The molecule has 0 aromatic carbocycles. The second-order valence-electron chi connectivity index (χ2n) is 7.70. The lowest BCUT2D eigenvalue weighted by atomic mass is 9.55. The zero-order chi connectivity index (χ0) is 17.7. The number of likely N-dealkylation sites (tertiary alicyclic amines) is 1. The molecule has 0 bridgehead atoms. The van der Waals surface area contributed by atoms with Crippen LogP contribution >= 0.6 is 0 Å². The molecule has 6 heteroatoms. The summed E-state index contributed by atoms with van der Waals surface area (Å²) in [6.07, 6.45) is 4.08. The molecule has 1 amide bonds. The Hall–Kier alpha value is -2.42. The molecule has 126 valence electrons. The number of aromatic nitrogens is 2. The van der Waals surface area contributed by atoms with Crippen molar-refractivity contribution in [1.29, 1.82) is 5.26 Å². The van der Waals surface area contributed by atoms with Crippen LogP contribution in [-0.4, -0.2) is 39.9 Å². The van der Waals surface area contributed by atoms with Crippen molar-refractivity contribution in [2.45, 2.75) is 34.1 Å². The number of ketones is 1. The Morgan fingerprint density at radius 2 is 2.17 bits per heavy atom. The Morgan fingerprint density at radius 1 is 1.46 bits per heavy atom. The number of aryl methyl sites for hydroxylation is 1. The number of nitriles is 1. The molecule has 0 saturated carbocycles. The predicted molar refractivity (Wildman–Crippen MR) is 87.9 cm³/mol. The average Bonchev–Trinajstić information content (AvgIpc) is 2.95. The van der Waals surface area contributed by atoms with Crippen LogP contribution in [0.2, 0.25) is 0 Å². The van der Waals surface area contributed by atoms with Crippen molar-refractivity contribution in [3.63, 3.8) is 0 Å². The first-order chi connectivity index (χ1) is 11.2. The number of amides is 1. The molecule has 1 fully saturated rings. The first-order valence-corrected chi connectivity index (χ1v) is 8.17. The van der Waals surface area contributed by atoms with Gasteiger partial charge in [-0.2, -0.15) is 10.4 Å². The summed E-state index contributed by atoms with van der Waals surface area (Å²) in [6.45, 7) is 8.81. The van der Waals surface area contributed by atoms with E-state index < -0.39 is 5.41 Å². The van der Waals surface area contributed by atoms with Crippen molar-refractivity contribution >= 4 is 11.7 Å². The van der Waals surface area contributed by atoms with Crippen LogP contribution in [0, 0.1) is 35.0 Å². The van der Waals surface area contributed by atoms with E-state index in [0.717, 1.165) is 12.1 Å². The van der Waals surface area contributed by atoms with Gasteiger partial charge < -0.3 is 4.90 Å². The molecule has 1 aliphatic heterocycles. The van der Waals surface area contributed by atoms with Crippen molar-refractivity contribution in [1.82, 2.24) is 15.1 Å². The number of hydrogen-bond donors (Lipinski definition) is 1. The molecular formula is C18H22N4O2. The zero-order valence-electron chi connectivity index (χ0n) is 14.5. The summed E-state index contributed by atoms with van der Waals surface area (Å²) in [5.41, 5.74) is 0.573. The molecule has 0 unspecified atom stereocenters. The van der Waals surface area contributed by atoms with Crippen LogP contribution in [0.25, 0.3) is 0 Å². The molecule has 2 atom stereocenters. The van der Waals surface area contributed by atoms with Crippen molar-refractivity contribution in [3.05, 3.63) is 29.1 Å². The summed E-state index contributed by atoms with van der Waals surface area (Å²) in [5.74, 6) is -0.0235. The minimum atomic E-state index is -0.588. The molecule has 0 radical (unpaired) electrons. The van der Waals surface area contributed by atoms with Gasteiger partial charge in [0.1, 0.15) is 6.07 Å². The predicted octanol–water partition coefficient (Wildman–Crippen LogP) is 2.25. The van der Waals surface area contributed by atoms with Crippen LogP contribution < -0.4 is 0 Å². The van der Waals surface area contributed by atoms with Crippen LogP contribution in [0.3, 0.4) is 0 Å². The van der Waals surface area contributed by atoms with E-state index in [0.29, 0.717) is 18.7 Å². The smallest absolute Gasteiger partial charge is 0.257 e. The van der Waals surface area contributed by atoms with Gasteiger partial charge in [0.2, 0.25) is 0 Å². The van der Waals surface area contributed by atoms with E-state index in [1.54, 1.807) is 12.3 Å². The van der Waals surface area contributed by atoms with Gasteiger partial charge in [-0.15, -0.1) is 0 Å². The Bertz CT molecular complexity index is 783. The number of nitrogens with one attached hydrogen (secondary N) is 1. The van der Waals surface area contributed by atoms with Crippen molar-refractivity contribution in [3.8, 4) is 6.07 Å². The molecule has 2 heterocycles. The number of fused-ring (bicyclic) bond motifs is 1. The summed E-state index contributed by atoms with van der Waals surface area (Å²) >= 11 is 0. The first kappa shape index (κ1) is 16.4. The number of rotatable bonds is 1. The van der Waals surface area contributed by atoms with Gasteiger partial charge in [0.05, 0.1) is 17.3 Å². The molecule has 0 spiro atoms. The fourth-order valence-electron chi connectivity index (χ4n) is 4.44. The van der Waals surface area contributed by atoms with Gasteiger partial charge in [-0.3, -0.25) is 14.7 Å². The molecule has 1 saturated heterocycles. The SMILES string of the molecule is Cc1[nH]ncc1C(=O)N1CC[C@H]2C(C)(C)C(=O)C(C#N)=C[C@]2(C)C1. The second-order valence-corrected chi connectivity index (χ2v) is 7.70. The van der Waals surface area contributed by atoms with Gasteiger partial charge in [-0.05, 0) is 19.3 Å². The number of Topliss-reactive ketones (excluding diaryl/α,β-unsaturated/α-hetero) is 1. The van der Waals surface area contributed by atoms with Crippen LogP contribution in [0.4, 0.5) is 0 Å². The van der Waals surface area contributed by atoms with Crippen molar-refractivity contribution < 1.29 is 9.59 Å². The van der Waals surface area contributed by atoms with Crippen LogP contribution in [-0.2, 0) is 4.79 Å². The maximum atomic E-state index is 12.8. The number of nitrogens with zero attached hydrogens (tertiary/aromatic N) is 3. The highest BCUT2D eigenvalue weighted by Gasteiger charge is 2.53. The third-order valence-corrected chi connectivity index (χ3v) is 5.66. The van der Waals surface area contributed by atoms with Gasteiger partial charge in [-0.1, -0.05) is 26.8 Å². The van der Waals surface area contributed by atoms with Crippen molar-refractivity contribution in [2.75, 3.05) is 13.1 Å². The first-order valence-electron chi connectivity index (χ1n) is 8.17. The normalized spacial score (nSPS) is 28.8. The van der Waals surface area contributed by atoms with E-state index in [1.165, 1.54) is 0 Å². The lowest BCUT2D eigenvalue weighted by molar-refractivity contribution is -0.131. The van der Waals surface area contributed by atoms with E-state index in [4.69, 9.17) is 0 Å². The van der Waals surface area contributed by atoms with Crippen molar-refractivity contribution in [2.24, 2.45) is 16.7 Å². The fourth-order valence-corrected chi connectivity index (χ4v) is 4.44. The van der Waals surface area contributed by atoms with Gasteiger partial charge in [-0.25, -0.2) is 0 Å². The van der Waals surface area contributed by atoms with Crippen LogP contribution in [0.1, 0.15) is 43.2 Å². The molecule has 1 aromatic rings. The number of carbonyl (C=O) groups is 2. The number of hydrogen-bond acceptors (Lipinski definition) is 4. The topological polar surface area (TPSA) is 89.8 Å². The Kier molecular flexibility index (Phi) is 3.63. The monoisotopic (exact) mass is 326 g/mol. The van der Waals surface area contributed by atoms with Crippen LogP contribution in [0.15, 0.2) is 17.8 Å². The highest BCUT2D eigenvalue weighted by atomic mass is 16.2. The van der Waals surface area contributed by atoms with Gasteiger partial charge in [0.25, 0.3) is 5.91 Å². The van der Waals surface area contributed by atoms with Gasteiger partial charge in [0.15, 0.2) is 5.78 Å². The lowest BCUT2D eigenvalue weighted by Gasteiger charge is -2.52. The summed E-state index contributed by atoms with van der Waals surface area (Å²) in [6, 6.07) is 2.04. The van der Waals surface area contributed by atoms with E-state index in [9.17, 15) is 14.9 Å². The Balaban J connectivity index is 1.95. The largest absolute Gasteiger partial charge is 0.338 e. The minimum absolute atomic E-state index is 0.0532. The second kappa shape index (κ2) is 5.30. The maximum absolute atomic E-state index is 12.8. The lowest BCUT2D eigenvalue weighted by Crippen LogP contribution is -2.56. The quantitative estimate of drug-likeness (QED) is 0.857. The molecular weight excluding hydrogens is 304 g/mol. The Morgan fingerprint density at radius 3 is 2.75 bits per heavy atom. The summed E-state index contributed by atoms with van der Waals surface area (Å²) < 4.78 is 0. The average molecular weight is 326 g/mol. The highest BCUT2D eigenvalue weighted by Crippen LogP contribution is 2.52. The van der Waals surface area contributed by atoms with E-state index in [1.807, 2.05) is 38.7 Å². The molecule has 2 aliphatic rings. The molecule has 1 N–H and O–H groups in total. The summed E-state index contributed by atoms with van der Waals surface area (Å²) in [4.78, 5) is 27.1. The fraction of sp³-hybridized carbons (Fsp3) is 0.556. The number of piperidine rings is 1. The maximum Gasteiger partial charge on any atom is 0.257 e. The molecule has 1 aliphatic carbocycles. The molecule has 24 heavy (non-hydrogen) atoms. The third-order valence-electron chi connectivity index (χ3n) is 5.66. The van der Waals surface area contributed by atoms with Crippen LogP contribution in [0.5, 0.6) is 0 Å². The minimum Gasteiger partial charge on any atom is -0.338 e. The highest BCUT2D eigenvalue weighted by molar-refractivity contribution is 6.04. The van der Waals surface area contributed by atoms with Gasteiger partial charge >= 0.3 is 0 Å². The zero-order valence-corrected chi connectivity index (χ0v) is 14.5.